The molecule has 6 heteroatoms. The van der Waals surface area contributed by atoms with E-state index >= 15 is 0 Å². The molecular weight excluding hydrogens is 544 g/mol. The third kappa shape index (κ3) is 8.21. The highest BCUT2D eigenvalue weighted by Crippen LogP contribution is 2.22. The molecule has 1 aliphatic rings. The monoisotopic (exact) mass is 578 g/mol. The van der Waals surface area contributed by atoms with Gasteiger partial charge in [0.15, 0.2) is 0 Å². The zero-order valence-corrected chi connectivity index (χ0v) is 23.8. The standard InChI is InChI=1S/C31H35BrN2O2S/c1-23-9-5-6-12-26(23)21-37-22-30(35)34(20-25-15-17-27(32)18-16-25)29(19-24-10-3-2-4-11-24)31(36)33-28-13-7-8-14-28/h2-6,9-12,15-18,28-29H,7-8,13-14,19-22H2,1H3,(H,33,36)/t29-/m0/s1. The van der Waals surface area contributed by atoms with Crippen molar-refractivity contribution in [3.63, 3.8) is 0 Å². The quantitative estimate of drug-likeness (QED) is 0.276. The van der Waals surface area contributed by atoms with Gasteiger partial charge in [0.2, 0.25) is 11.8 Å². The molecule has 0 radical (unpaired) electrons. The molecule has 37 heavy (non-hydrogen) atoms. The molecule has 4 rings (SSSR count). The minimum absolute atomic E-state index is 0.0102. The number of thioether (sulfide) groups is 1. The molecule has 1 atom stereocenters. The van der Waals surface area contributed by atoms with E-state index in [0.29, 0.717) is 18.7 Å². The Morgan fingerprint density at radius 1 is 0.946 bits per heavy atom. The van der Waals surface area contributed by atoms with Crippen molar-refractivity contribution in [1.82, 2.24) is 10.2 Å². The molecule has 1 N–H and O–H groups in total. The first-order chi connectivity index (χ1) is 18.0. The summed E-state index contributed by atoms with van der Waals surface area (Å²) in [5, 5.41) is 3.27. The van der Waals surface area contributed by atoms with Crippen molar-refractivity contribution in [2.24, 2.45) is 0 Å². The normalized spacial score (nSPS) is 14.3. The van der Waals surface area contributed by atoms with E-state index < -0.39 is 6.04 Å². The van der Waals surface area contributed by atoms with Gasteiger partial charge in [-0.1, -0.05) is 95.5 Å². The molecule has 1 fully saturated rings. The second kappa shape index (κ2) is 13.8. The van der Waals surface area contributed by atoms with Gasteiger partial charge in [0.05, 0.1) is 5.75 Å². The van der Waals surface area contributed by atoms with Crippen LogP contribution in [-0.4, -0.2) is 34.6 Å². The second-order valence-electron chi connectivity index (χ2n) is 9.76. The number of carbonyl (C=O) groups is 2. The fraction of sp³-hybridized carbons (Fsp3) is 0.355. The number of nitrogens with one attached hydrogen (secondary N) is 1. The van der Waals surface area contributed by atoms with Crippen LogP contribution in [0.5, 0.6) is 0 Å². The Kier molecular flexibility index (Phi) is 10.3. The first kappa shape index (κ1) is 27.5. The van der Waals surface area contributed by atoms with E-state index in [1.165, 1.54) is 11.1 Å². The SMILES string of the molecule is Cc1ccccc1CSCC(=O)N(Cc1ccc(Br)cc1)[C@@H](Cc1ccccc1)C(=O)NC1CCCC1. The Morgan fingerprint density at radius 3 is 2.32 bits per heavy atom. The minimum Gasteiger partial charge on any atom is -0.352 e. The van der Waals surface area contributed by atoms with Gasteiger partial charge in [0, 0.05) is 29.2 Å². The van der Waals surface area contributed by atoms with E-state index in [9.17, 15) is 9.59 Å². The van der Waals surface area contributed by atoms with Gasteiger partial charge in [-0.25, -0.2) is 0 Å². The first-order valence-electron chi connectivity index (χ1n) is 13.0. The average Bonchev–Trinajstić information content (AvgIpc) is 3.42. The highest BCUT2D eigenvalue weighted by molar-refractivity contribution is 9.10. The van der Waals surface area contributed by atoms with Gasteiger partial charge in [-0.2, -0.15) is 0 Å². The third-order valence-corrected chi connectivity index (χ3v) is 8.48. The van der Waals surface area contributed by atoms with Gasteiger partial charge in [0.1, 0.15) is 6.04 Å². The van der Waals surface area contributed by atoms with Crippen LogP contribution in [0.1, 0.15) is 47.9 Å². The van der Waals surface area contributed by atoms with Gasteiger partial charge >= 0.3 is 0 Å². The van der Waals surface area contributed by atoms with E-state index in [2.05, 4.69) is 40.3 Å². The second-order valence-corrected chi connectivity index (χ2v) is 11.7. The fourth-order valence-electron chi connectivity index (χ4n) is 4.81. The Hall–Kier alpha value is -2.57. The van der Waals surface area contributed by atoms with Gasteiger partial charge < -0.3 is 10.2 Å². The molecule has 0 aromatic heterocycles. The third-order valence-electron chi connectivity index (χ3n) is 6.98. The fourth-order valence-corrected chi connectivity index (χ4v) is 6.06. The van der Waals surface area contributed by atoms with Crippen LogP contribution in [0, 0.1) is 6.92 Å². The predicted octanol–water partition coefficient (Wildman–Crippen LogP) is 6.69. The van der Waals surface area contributed by atoms with Crippen LogP contribution in [-0.2, 0) is 28.3 Å². The summed E-state index contributed by atoms with van der Waals surface area (Å²) in [4.78, 5) is 29.3. The van der Waals surface area contributed by atoms with E-state index in [1.807, 2.05) is 66.7 Å². The van der Waals surface area contributed by atoms with Crippen LogP contribution in [0.3, 0.4) is 0 Å². The maximum Gasteiger partial charge on any atom is 0.243 e. The largest absolute Gasteiger partial charge is 0.352 e. The highest BCUT2D eigenvalue weighted by Gasteiger charge is 2.32. The molecule has 0 saturated heterocycles. The predicted molar refractivity (Wildman–Crippen MR) is 156 cm³/mol. The first-order valence-corrected chi connectivity index (χ1v) is 14.9. The molecule has 0 aliphatic heterocycles. The number of amides is 2. The smallest absolute Gasteiger partial charge is 0.243 e. The number of aryl methyl sites for hydroxylation is 1. The Bertz CT molecular complexity index is 1160. The molecule has 0 unspecified atom stereocenters. The molecular formula is C31H35BrN2O2S. The van der Waals surface area contributed by atoms with Gasteiger partial charge in [-0.15, -0.1) is 11.8 Å². The average molecular weight is 580 g/mol. The summed E-state index contributed by atoms with van der Waals surface area (Å²) in [7, 11) is 0. The van der Waals surface area contributed by atoms with E-state index in [-0.39, 0.29) is 17.9 Å². The molecule has 2 amide bonds. The number of rotatable bonds is 11. The maximum absolute atomic E-state index is 13.8. The zero-order chi connectivity index (χ0) is 26.0. The topological polar surface area (TPSA) is 49.4 Å². The molecule has 194 valence electrons. The van der Waals surface area contributed by atoms with Crippen LogP contribution < -0.4 is 5.32 Å². The molecule has 0 bridgehead atoms. The lowest BCUT2D eigenvalue weighted by Gasteiger charge is -2.32. The summed E-state index contributed by atoms with van der Waals surface area (Å²) in [6.45, 7) is 2.49. The van der Waals surface area contributed by atoms with Crippen LogP contribution in [0.2, 0.25) is 0 Å². The Morgan fingerprint density at radius 2 is 1.62 bits per heavy atom. The zero-order valence-electron chi connectivity index (χ0n) is 21.4. The molecule has 0 heterocycles. The summed E-state index contributed by atoms with van der Waals surface area (Å²) in [6.07, 6.45) is 4.80. The minimum atomic E-state index is -0.571. The van der Waals surface area contributed by atoms with Crippen molar-refractivity contribution >= 4 is 39.5 Å². The summed E-state index contributed by atoms with van der Waals surface area (Å²) in [5.41, 5.74) is 4.52. The lowest BCUT2D eigenvalue weighted by Crippen LogP contribution is -2.52. The summed E-state index contributed by atoms with van der Waals surface area (Å²) >= 11 is 5.11. The molecule has 1 aliphatic carbocycles. The lowest BCUT2D eigenvalue weighted by atomic mass is 10.0. The number of halogens is 1. The summed E-state index contributed by atoms with van der Waals surface area (Å²) in [6, 6.07) is 25.9. The van der Waals surface area contributed by atoms with Crippen molar-refractivity contribution in [2.45, 2.75) is 63.4 Å². The van der Waals surface area contributed by atoms with Crippen molar-refractivity contribution in [3.8, 4) is 0 Å². The van der Waals surface area contributed by atoms with Crippen molar-refractivity contribution in [1.29, 1.82) is 0 Å². The van der Waals surface area contributed by atoms with Gasteiger partial charge in [-0.3, -0.25) is 9.59 Å². The van der Waals surface area contributed by atoms with Crippen LogP contribution in [0.15, 0.2) is 83.3 Å². The van der Waals surface area contributed by atoms with Crippen molar-refractivity contribution in [2.75, 3.05) is 5.75 Å². The van der Waals surface area contributed by atoms with E-state index in [4.69, 9.17) is 0 Å². The van der Waals surface area contributed by atoms with Crippen LogP contribution >= 0.6 is 27.7 Å². The number of carbonyl (C=O) groups excluding carboxylic acids is 2. The maximum atomic E-state index is 13.8. The van der Waals surface area contributed by atoms with Crippen molar-refractivity contribution in [3.05, 3.63) is 106 Å². The number of hydrogen-bond donors (Lipinski definition) is 1. The van der Waals surface area contributed by atoms with Crippen LogP contribution in [0.4, 0.5) is 0 Å². The molecule has 1 saturated carbocycles. The van der Waals surface area contributed by atoms with E-state index in [1.54, 1.807) is 16.7 Å². The van der Waals surface area contributed by atoms with Gasteiger partial charge in [0.25, 0.3) is 0 Å². The highest BCUT2D eigenvalue weighted by atomic mass is 79.9. The van der Waals surface area contributed by atoms with Crippen molar-refractivity contribution < 1.29 is 9.59 Å². The van der Waals surface area contributed by atoms with E-state index in [0.717, 1.165) is 47.0 Å². The van der Waals surface area contributed by atoms with Crippen LogP contribution in [0.25, 0.3) is 0 Å². The Labute approximate surface area is 233 Å². The summed E-state index contributed by atoms with van der Waals surface area (Å²) < 4.78 is 0.989. The lowest BCUT2D eigenvalue weighted by molar-refractivity contribution is -0.139. The van der Waals surface area contributed by atoms with Gasteiger partial charge in [-0.05, 0) is 54.2 Å². The molecule has 0 spiro atoms. The Balaban J connectivity index is 1.56. The molecule has 3 aromatic rings. The number of hydrogen-bond acceptors (Lipinski definition) is 3. The number of nitrogens with zero attached hydrogens (tertiary/aromatic N) is 1. The molecule has 3 aromatic carbocycles. The molecule has 4 nitrogen and oxygen atoms in total. The number of benzene rings is 3. The summed E-state index contributed by atoms with van der Waals surface area (Å²) in [5.74, 6) is 1.03.